The van der Waals surface area contributed by atoms with E-state index in [1.54, 1.807) is 17.0 Å². The quantitative estimate of drug-likeness (QED) is 0.898. The number of hydrogen-bond donors (Lipinski definition) is 2. The number of carboxylic acid groups (broad SMARTS) is 1. The van der Waals surface area contributed by atoms with Gasteiger partial charge in [0.2, 0.25) is 0 Å². The van der Waals surface area contributed by atoms with Crippen LogP contribution in [0.25, 0.3) is 0 Å². The van der Waals surface area contributed by atoms with Gasteiger partial charge in [-0.1, -0.05) is 19.4 Å². The Labute approximate surface area is 123 Å². The van der Waals surface area contributed by atoms with Crippen molar-refractivity contribution < 1.29 is 14.7 Å². The van der Waals surface area contributed by atoms with Gasteiger partial charge in [0, 0.05) is 18.3 Å². The molecule has 2 unspecified atom stereocenters. The van der Waals surface area contributed by atoms with Gasteiger partial charge in [0.05, 0.1) is 5.56 Å². The van der Waals surface area contributed by atoms with Gasteiger partial charge in [0.1, 0.15) is 0 Å². The van der Waals surface area contributed by atoms with E-state index in [1.165, 1.54) is 0 Å². The summed E-state index contributed by atoms with van der Waals surface area (Å²) in [7, 11) is 0. The first kappa shape index (κ1) is 13.9. The molecule has 1 fully saturated rings. The van der Waals surface area contributed by atoms with Crippen molar-refractivity contribution in [2.24, 2.45) is 5.92 Å². The molecule has 2 amide bonds. The summed E-state index contributed by atoms with van der Waals surface area (Å²) in [5.74, 6) is -0.328. The fourth-order valence-electron chi connectivity index (χ4n) is 3.15. The molecular weight excluding hydrogens is 268 g/mol. The molecule has 5 heteroatoms. The average molecular weight is 288 g/mol. The summed E-state index contributed by atoms with van der Waals surface area (Å²) in [6.07, 6.45) is 3.65. The maximum Gasteiger partial charge on any atom is 0.336 e. The molecule has 0 radical (unpaired) electrons. The third-order valence-corrected chi connectivity index (χ3v) is 4.48. The number of carboxylic acids is 1. The van der Waals surface area contributed by atoms with Gasteiger partial charge in [-0.2, -0.15) is 0 Å². The number of aromatic carboxylic acids is 1. The second kappa shape index (κ2) is 5.39. The Kier molecular flexibility index (Phi) is 3.57. The zero-order valence-electron chi connectivity index (χ0n) is 12.1. The van der Waals surface area contributed by atoms with Crippen LogP contribution in [0.1, 0.15) is 42.1 Å². The number of carbonyl (C=O) groups is 2. The van der Waals surface area contributed by atoms with Gasteiger partial charge in [0.25, 0.3) is 0 Å². The van der Waals surface area contributed by atoms with Crippen molar-refractivity contribution in [2.75, 3.05) is 11.4 Å². The summed E-state index contributed by atoms with van der Waals surface area (Å²) in [5, 5.41) is 12.3. The molecule has 0 saturated heterocycles. The van der Waals surface area contributed by atoms with Crippen molar-refractivity contribution in [1.29, 1.82) is 0 Å². The number of hydrogen-bond acceptors (Lipinski definition) is 2. The highest BCUT2D eigenvalue weighted by Crippen LogP contribution is 2.34. The van der Waals surface area contributed by atoms with E-state index in [2.05, 4.69) is 12.2 Å². The van der Waals surface area contributed by atoms with Crippen molar-refractivity contribution >= 4 is 17.7 Å². The standard InChI is InChI=1S/C16H20N2O3/c1-2-10-9-13(10)17-16(21)18-8-4-6-11-12(15(19)20)5-3-7-14(11)18/h3,5,7,10,13H,2,4,6,8-9H2,1H3,(H,17,21)(H,19,20). The number of rotatable bonds is 3. The van der Waals surface area contributed by atoms with E-state index < -0.39 is 5.97 Å². The highest BCUT2D eigenvalue weighted by atomic mass is 16.4. The molecule has 0 spiro atoms. The SMILES string of the molecule is CCC1CC1NC(=O)N1CCCc2c(C(=O)O)cccc21. The fourth-order valence-corrected chi connectivity index (χ4v) is 3.15. The fraction of sp³-hybridized carbons (Fsp3) is 0.500. The normalized spacial score (nSPS) is 23.4. The third kappa shape index (κ3) is 2.60. The Balaban J connectivity index is 1.82. The molecule has 112 valence electrons. The Hall–Kier alpha value is -2.04. The number of carbonyl (C=O) groups excluding carboxylic acids is 1. The number of nitrogens with one attached hydrogen (secondary N) is 1. The first-order chi connectivity index (χ1) is 10.1. The molecule has 1 saturated carbocycles. The van der Waals surface area contributed by atoms with Crippen LogP contribution in [0.3, 0.4) is 0 Å². The second-order valence-corrected chi connectivity index (χ2v) is 5.82. The van der Waals surface area contributed by atoms with Gasteiger partial charge < -0.3 is 10.4 Å². The number of fused-ring (bicyclic) bond motifs is 1. The minimum atomic E-state index is -0.928. The van der Waals surface area contributed by atoms with E-state index in [1.807, 2.05) is 6.07 Å². The lowest BCUT2D eigenvalue weighted by molar-refractivity contribution is 0.0695. The van der Waals surface area contributed by atoms with Gasteiger partial charge in [0.15, 0.2) is 0 Å². The van der Waals surface area contributed by atoms with E-state index >= 15 is 0 Å². The van der Waals surface area contributed by atoms with Crippen LogP contribution in [0.15, 0.2) is 18.2 Å². The maximum absolute atomic E-state index is 12.4. The van der Waals surface area contributed by atoms with Gasteiger partial charge in [-0.05, 0) is 42.9 Å². The Morgan fingerprint density at radius 1 is 1.43 bits per heavy atom. The topological polar surface area (TPSA) is 69.6 Å². The highest BCUT2D eigenvalue weighted by Gasteiger charge is 2.38. The third-order valence-electron chi connectivity index (χ3n) is 4.48. The van der Waals surface area contributed by atoms with Crippen molar-refractivity contribution in [1.82, 2.24) is 5.32 Å². The van der Waals surface area contributed by atoms with E-state index in [0.717, 1.165) is 30.5 Å². The number of nitrogens with zero attached hydrogens (tertiary/aromatic N) is 1. The molecule has 3 rings (SSSR count). The van der Waals surface area contributed by atoms with Crippen LogP contribution in [0.4, 0.5) is 10.5 Å². The van der Waals surface area contributed by atoms with Crippen molar-refractivity contribution in [2.45, 2.75) is 38.6 Å². The van der Waals surface area contributed by atoms with Crippen molar-refractivity contribution in [3.05, 3.63) is 29.3 Å². The zero-order chi connectivity index (χ0) is 15.0. The number of urea groups is 1. The zero-order valence-corrected chi connectivity index (χ0v) is 12.1. The predicted octanol–water partition coefficient (Wildman–Crippen LogP) is 2.65. The smallest absolute Gasteiger partial charge is 0.336 e. The largest absolute Gasteiger partial charge is 0.478 e. The Morgan fingerprint density at radius 2 is 2.24 bits per heavy atom. The van der Waals surface area contributed by atoms with Crippen LogP contribution in [0, 0.1) is 5.92 Å². The summed E-state index contributed by atoms with van der Waals surface area (Å²) < 4.78 is 0. The molecule has 2 aliphatic rings. The second-order valence-electron chi connectivity index (χ2n) is 5.82. The molecule has 0 bridgehead atoms. The molecule has 2 N–H and O–H groups in total. The van der Waals surface area contributed by atoms with Crippen molar-refractivity contribution in [3.63, 3.8) is 0 Å². The number of anilines is 1. The summed E-state index contributed by atoms with van der Waals surface area (Å²) in [5.41, 5.74) is 1.82. The van der Waals surface area contributed by atoms with Crippen LogP contribution >= 0.6 is 0 Å². The van der Waals surface area contributed by atoms with E-state index in [9.17, 15) is 14.7 Å². The van der Waals surface area contributed by atoms with Crippen LogP contribution in [-0.2, 0) is 6.42 Å². The summed E-state index contributed by atoms with van der Waals surface area (Å²) in [6, 6.07) is 5.34. The van der Waals surface area contributed by atoms with Gasteiger partial charge in [-0.15, -0.1) is 0 Å². The Bertz CT molecular complexity index is 585. The predicted molar refractivity (Wildman–Crippen MR) is 79.8 cm³/mol. The molecule has 1 aromatic rings. The van der Waals surface area contributed by atoms with E-state index in [-0.39, 0.29) is 12.1 Å². The first-order valence-electron chi connectivity index (χ1n) is 7.55. The average Bonchev–Trinajstić information content (AvgIpc) is 3.23. The lowest BCUT2D eigenvalue weighted by Crippen LogP contribution is -2.44. The van der Waals surface area contributed by atoms with Crippen molar-refractivity contribution in [3.8, 4) is 0 Å². The van der Waals surface area contributed by atoms with Gasteiger partial charge in [-0.3, -0.25) is 4.90 Å². The van der Waals surface area contributed by atoms with Crippen LogP contribution in [0.2, 0.25) is 0 Å². The molecule has 0 aromatic heterocycles. The molecule has 1 heterocycles. The van der Waals surface area contributed by atoms with E-state index in [4.69, 9.17) is 0 Å². The summed E-state index contributed by atoms with van der Waals surface area (Å²) in [4.78, 5) is 25.4. The van der Waals surface area contributed by atoms with E-state index in [0.29, 0.717) is 24.4 Å². The monoisotopic (exact) mass is 288 g/mol. The summed E-state index contributed by atoms with van der Waals surface area (Å²) in [6.45, 7) is 2.78. The molecule has 1 aliphatic heterocycles. The molecule has 2 atom stereocenters. The number of benzene rings is 1. The van der Waals surface area contributed by atoms with Crippen LogP contribution in [0.5, 0.6) is 0 Å². The molecule has 1 aromatic carbocycles. The Morgan fingerprint density at radius 3 is 2.90 bits per heavy atom. The number of amides is 2. The van der Waals surface area contributed by atoms with Crippen LogP contribution < -0.4 is 10.2 Å². The first-order valence-corrected chi connectivity index (χ1v) is 7.55. The van der Waals surface area contributed by atoms with Gasteiger partial charge >= 0.3 is 12.0 Å². The molecule has 1 aliphatic carbocycles. The van der Waals surface area contributed by atoms with Crippen LogP contribution in [-0.4, -0.2) is 29.7 Å². The lowest BCUT2D eigenvalue weighted by atomic mass is 9.96. The molecule has 5 nitrogen and oxygen atoms in total. The van der Waals surface area contributed by atoms with Gasteiger partial charge in [-0.25, -0.2) is 9.59 Å². The maximum atomic E-state index is 12.4. The highest BCUT2D eigenvalue weighted by molar-refractivity contribution is 5.97. The minimum absolute atomic E-state index is 0.0977. The summed E-state index contributed by atoms with van der Waals surface area (Å²) >= 11 is 0. The molecular formula is C16H20N2O3. The molecule has 21 heavy (non-hydrogen) atoms. The minimum Gasteiger partial charge on any atom is -0.478 e. The lowest BCUT2D eigenvalue weighted by Gasteiger charge is -2.30.